The van der Waals surface area contributed by atoms with Gasteiger partial charge in [0.15, 0.2) is 0 Å². The number of rotatable bonds is 6. The summed E-state index contributed by atoms with van der Waals surface area (Å²) in [6.07, 6.45) is 3.35. The van der Waals surface area contributed by atoms with Gasteiger partial charge in [-0.05, 0) is 31.0 Å². The third-order valence-electron chi connectivity index (χ3n) is 3.18. The molecule has 0 saturated carbocycles. The summed E-state index contributed by atoms with van der Waals surface area (Å²) in [4.78, 5) is 0.143. The third-order valence-corrected chi connectivity index (χ3v) is 4.92. The number of hydrogen-bond acceptors (Lipinski definition) is 4. The summed E-state index contributed by atoms with van der Waals surface area (Å²) in [5, 5.41) is 12.8. The van der Waals surface area contributed by atoms with Crippen LogP contribution in [-0.4, -0.2) is 37.0 Å². The van der Waals surface area contributed by atoms with Crippen molar-refractivity contribution in [3.05, 3.63) is 42.2 Å². The van der Waals surface area contributed by atoms with Gasteiger partial charge in [-0.2, -0.15) is 5.10 Å². The van der Waals surface area contributed by atoms with Gasteiger partial charge in [0.25, 0.3) is 10.0 Å². The zero-order valence-electron chi connectivity index (χ0n) is 12.1. The van der Waals surface area contributed by atoms with Gasteiger partial charge in [0, 0.05) is 26.4 Å². The molecule has 1 heterocycles. The molecule has 114 valence electrons. The Morgan fingerprint density at radius 1 is 1.38 bits per heavy atom. The van der Waals surface area contributed by atoms with E-state index in [9.17, 15) is 8.42 Å². The van der Waals surface area contributed by atoms with E-state index in [1.165, 1.54) is 28.4 Å². The van der Waals surface area contributed by atoms with Crippen molar-refractivity contribution in [2.24, 2.45) is 0 Å². The molecule has 1 aromatic carbocycles. The minimum absolute atomic E-state index is 0.0468. The molecule has 0 bridgehead atoms. The lowest BCUT2D eigenvalue weighted by Crippen LogP contribution is -2.26. The normalized spacial score (nSPS) is 11.6. The largest absolute Gasteiger partial charge is 0.396 e. The summed E-state index contributed by atoms with van der Waals surface area (Å²) in [6.45, 7) is 2.45. The van der Waals surface area contributed by atoms with Crippen molar-refractivity contribution in [2.45, 2.75) is 24.8 Å². The van der Waals surface area contributed by atoms with Crippen molar-refractivity contribution in [1.82, 2.24) is 9.78 Å². The number of aromatic nitrogens is 2. The first-order valence-electron chi connectivity index (χ1n) is 6.64. The Bertz CT molecular complexity index is 710. The number of sulfonamides is 1. The summed E-state index contributed by atoms with van der Waals surface area (Å²) in [7, 11) is -2.10. The second-order valence-corrected chi connectivity index (χ2v) is 6.80. The van der Waals surface area contributed by atoms with E-state index in [4.69, 9.17) is 5.11 Å². The van der Waals surface area contributed by atoms with Gasteiger partial charge in [0.2, 0.25) is 0 Å². The SMILES string of the molecule is Cc1cccc(N(C)S(=O)(=O)c2cnn(CCCO)c2)c1. The van der Waals surface area contributed by atoms with Gasteiger partial charge in [-0.1, -0.05) is 12.1 Å². The molecule has 0 atom stereocenters. The molecule has 0 unspecified atom stereocenters. The van der Waals surface area contributed by atoms with E-state index in [1.807, 2.05) is 25.1 Å². The molecule has 21 heavy (non-hydrogen) atoms. The molecule has 1 aromatic heterocycles. The van der Waals surface area contributed by atoms with Crippen molar-refractivity contribution in [3.63, 3.8) is 0 Å². The number of nitrogens with zero attached hydrogens (tertiary/aromatic N) is 3. The summed E-state index contributed by atoms with van der Waals surface area (Å²) in [6, 6.07) is 7.30. The molecule has 0 fully saturated rings. The van der Waals surface area contributed by atoms with E-state index < -0.39 is 10.0 Å². The van der Waals surface area contributed by atoms with E-state index in [-0.39, 0.29) is 11.5 Å². The lowest BCUT2D eigenvalue weighted by atomic mass is 10.2. The Balaban J connectivity index is 2.26. The molecule has 2 rings (SSSR count). The highest BCUT2D eigenvalue weighted by Gasteiger charge is 2.23. The monoisotopic (exact) mass is 309 g/mol. The molecule has 0 spiro atoms. The third kappa shape index (κ3) is 3.43. The molecule has 0 saturated heterocycles. The van der Waals surface area contributed by atoms with Gasteiger partial charge >= 0.3 is 0 Å². The Hall–Kier alpha value is -1.86. The summed E-state index contributed by atoms with van der Waals surface area (Å²) in [5.41, 5.74) is 1.60. The van der Waals surface area contributed by atoms with Crippen LogP contribution in [0.2, 0.25) is 0 Å². The maximum atomic E-state index is 12.6. The van der Waals surface area contributed by atoms with Gasteiger partial charge in [0.05, 0.1) is 11.9 Å². The van der Waals surface area contributed by atoms with Crippen LogP contribution in [0.15, 0.2) is 41.6 Å². The van der Waals surface area contributed by atoms with Crippen LogP contribution >= 0.6 is 0 Å². The lowest BCUT2D eigenvalue weighted by Gasteiger charge is -2.18. The topological polar surface area (TPSA) is 75.4 Å². The minimum atomic E-state index is -3.63. The van der Waals surface area contributed by atoms with Crippen molar-refractivity contribution < 1.29 is 13.5 Å². The number of aryl methyl sites for hydroxylation is 2. The van der Waals surface area contributed by atoms with Gasteiger partial charge in [-0.15, -0.1) is 0 Å². The maximum Gasteiger partial charge on any atom is 0.267 e. The number of aliphatic hydroxyl groups excluding tert-OH is 1. The quantitative estimate of drug-likeness (QED) is 0.875. The number of anilines is 1. The predicted molar refractivity (Wildman–Crippen MR) is 80.7 cm³/mol. The molecule has 1 N–H and O–H groups in total. The highest BCUT2D eigenvalue weighted by Crippen LogP contribution is 2.22. The maximum absolute atomic E-state index is 12.6. The zero-order valence-corrected chi connectivity index (χ0v) is 12.9. The highest BCUT2D eigenvalue weighted by atomic mass is 32.2. The molecule has 0 amide bonds. The average Bonchev–Trinajstić information content (AvgIpc) is 2.93. The van der Waals surface area contributed by atoms with Crippen LogP contribution in [0, 0.1) is 6.92 Å². The van der Waals surface area contributed by atoms with Crippen molar-refractivity contribution in [3.8, 4) is 0 Å². The van der Waals surface area contributed by atoms with Crippen LogP contribution in [-0.2, 0) is 16.6 Å². The Labute approximate surface area is 124 Å². The fourth-order valence-electron chi connectivity index (χ4n) is 1.95. The van der Waals surface area contributed by atoms with Crippen molar-refractivity contribution in [2.75, 3.05) is 18.0 Å². The number of aliphatic hydroxyl groups is 1. The molecule has 7 heteroatoms. The highest BCUT2D eigenvalue weighted by molar-refractivity contribution is 7.92. The predicted octanol–water partition coefficient (Wildman–Crippen LogP) is 1.40. The van der Waals surface area contributed by atoms with Crippen molar-refractivity contribution >= 4 is 15.7 Å². The van der Waals surface area contributed by atoms with Crippen LogP contribution in [0.3, 0.4) is 0 Å². The molecular weight excluding hydrogens is 290 g/mol. The van der Waals surface area contributed by atoms with Gasteiger partial charge < -0.3 is 5.11 Å². The minimum Gasteiger partial charge on any atom is -0.396 e. The Kier molecular flexibility index (Phi) is 4.64. The standard InChI is InChI=1S/C14H19N3O3S/c1-12-5-3-6-13(9-12)16(2)21(19,20)14-10-15-17(11-14)7-4-8-18/h3,5-6,9-11,18H,4,7-8H2,1-2H3. The Morgan fingerprint density at radius 2 is 2.14 bits per heavy atom. The van der Waals surface area contributed by atoms with Crippen LogP contribution in [0.5, 0.6) is 0 Å². The molecule has 0 aliphatic rings. The fourth-order valence-corrected chi connectivity index (χ4v) is 3.10. The zero-order chi connectivity index (χ0) is 15.5. The first-order chi connectivity index (χ1) is 9.95. The number of benzene rings is 1. The summed E-state index contributed by atoms with van der Waals surface area (Å²) >= 11 is 0. The summed E-state index contributed by atoms with van der Waals surface area (Å²) < 4.78 is 27.9. The molecule has 2 aromatic rings. The van der Waals surface area contributed by atoms with E-state index in [1.54, 1.807) is 6.07 Å². The van der Waals surface area contributed by atoms with Gasteiger partial charge in [-0.25, -0.2) is 8.42 Å². The van der Waals surface area contributed by atoms with Gasteiger partial charge in [-0.3, -0.25) is 8.99 Å². The molecule has 6 nitrogen and oxygen atoms in total. The molecule has 0 aliphatic heterocycles. The van der Waals surface area contributed by atoms with Crippen LogP contribution in [0.1, 0.15) is 12.0 Å². The lowest BCUT2D eigenvalue weighted by molar-refractivity contribution is 0.277. The molecule has 0 radical (unpaired) electrons. The number of hydrogen-bond donors (Lipinski definition) is 1. The summed E-state index contributed by atoms with van der Waals surface area (Å²) in [5.74, 6) is 0. The van der Waals surface area contributed by atoms with Crippen LogP contribution in [0.4, 0.5) is 5.69 Å². The first kappa shape index (κ1) is 15.5. The van der Waals surface area contributed by atoms with E-state index in [0.29, 0.717) is 18.7 Å². The Morgan fingerprint density at radius 3 is 2.81 bits per heavy atom. The van der Waals surface area contributed by atoms with Crippen LogP contribution < -0.4 is 4.31 Å². The molecule has 0 aliphatic carbocycles. The first-order valence-corrected chi connectivity index (χ1v) is 8.08. The second kappa shape index (κ2) is 6.28. The van der Waals surface area contributed by atoms with E-state index >= 15 is 0 Å². The fraction of sp³-hybridized carbons (Fsp3) is 0.357. The van der Waals surface area contributed by atoms with Crippen LogP contribution in [0.25, 0.3) is 0 Å². The average molecular weight is 309 g/mol. The van der Waals surface area contributed by atoms with Gasteiger partial charge in [0.1, 0.15) is 4.90 Å². The smallest absolute Gasteiger partial charge is 0.267 e. The van der Waals surface area contributed by atoms with E-state index in [0.717, 1.165) is 5.56 Å². The van der Waals surface area contributed by atoms with E-state index in [2.05, 4.69) is 5.10 Å². The molecular formula is C14H19N3O3S. The second-order valence-electron chi connectivity index (χ2n) is 4.83. The van der Waals surface area contributed by atoms with Crippen molar-refractivity contribution in [1.29, 1.82) is 0 Å².